The summed E-state index contributed by atoms with van der Waals surface area (Å²) >= 11 is 0. The minimum absolute atomic E-state index is 0.0889. The molecule has 28 heavy (non-hydrogen) atoms. The molecule has 4 aliphatic rings. The SMILES string of the molecule is CCCCCCC1(O)CC2CC[C@@H]3[C@@H](CC[C@]4(C)CCC[C@@H]34)[C@@]2(C)CC1CO. The topological polar surface area (TPSA) is 40.5 Å². The molecule has 0 amide bonds. The van der Waals surface area contributed by atoms with Gasteiger partial charge in [0.1, 0.15) is 0 Å². The van der Waals surface area contributed by atoms with Gasteiger partial charge in [-0.05, 0) is 92.3 Å². The Morgan fingerprint density at radius 2 is 1.71 bits per heavy atom. The van der Waals surface area contributed by atoms with Crippen molar-refractivity contribution < 1.29 is 10.2 Å². The Balaban J connectivity index is 1.51. The van der Waals surface area contributed by atoms with Crippen LogP contribution in [0.2, 0.25) is 0 Å². The molecule has 0 heterocycles. The summed E-state index contributed by atoms with van der Waals surface area (Å²) in [4.78, 5) is 0. The van der Waals surface area contributed by atoms with Crippen molar-refractivity contribution in [3.63, 3.8) is 0 Å². The number of hydrogen-bond acceptors (Lipinski definition) is 2. The van der Waals surface area contributed by atoms with Crippen molar-refractivity contribution in [1.82, 2.24) is 0 Å². The van der Waals surface area contributed by atoms with Crippen molar-refractivity contribution in [3.8, 4) is 0 Å². The van der Waals surface area contributed by atoms with Crippen LogP contribution < -0.4 is 0 Å². The van der Waals surface area contributed by atoms with Crippen LogP contribution in [0.3, 0.4) is 0 Å². The third-order valence-electron chi connectivity index (χ3n) is 10.6. The Labute approximate surface area is 173 Å². The van der Waals surface area contributed by atoms with Crippen LogP contribution in [0.1, 0.15) is 111 Å². The molecule has 4 aliphatic carbocycles. The van der Waals surface area contributed by atoms with E-state index in [0.717, 1.165) is 43.4 Å². The first-order valence-electron chi connectivity index (χ1n) is 12.7. The van der Waals surface area contributed by atoms with E-state index in [1.165, 1.54) is 64.2 Å². The van der Waals surface area contributed by atoms with E-state index in [4.69, 9.17) is 0 Å². The van der Waals surface area contributed by atoms with Gasteiger partial charge in [0.2, 0.25) is 0 Å². The summed E-state index contributed by atoms with van der Waals surface area (Å²) in [7, 11) is 0. The number of fused-ring (bicyclic) bond motifs is 5. The molecule has 2 nitrogen and oxygen atoms in total. The van der Waals surface area contributed by atoms with Crippen molar-refractivity contribution in [2.75, 3.05) is 6.61 Å². The zero-order valence-corrected chi connectivity index (χ0v) is 18.9. The monoisotopic (exact) mass is 390 g/mol. The molecule has 0 aromatic rings. The molecule has 4 rings (SSSR count). The second-order valence-electron chi connectivity index (χ2n) is 11.9. The lowest BCUT2D eigenvalue weighted by atomic mass is 9.43. The van der Waals surface area contributed by atoms with Crippen molar-refractivity contribution in [3.05, 3.63) is 0 Å². The van der Waals surface area contributed by atoms with E-state index in [1.807, 2.05) is 0 Å². The third kappa shape index (κ3) is 3.39. The predicted molar refractivity (Wildman–Crippen MR) is 116 cm³/mol. The maximum Gasteiger partial charge on any atom is 0.0700 e. The van der Waals surface area contributed by atoms with Crippen LogP contribution in [0, 0.1) is 40.4 Å². The normalized spacial score (nSPS) is 50.7. The molecule has 0 bridgehead atoms. The molecular weight excluding hydrogens is 344 g/mol. The first-order chi connectivity index (χ1) is 13.4. The highest BCUT2D eigenvalue weighted by Crippen LogP contribution is 2.67. The van der Waals surface area contributed by atoms with E-state index in [-0.39, 0.29) is 12.5 Å². The lowest BCUT2D eigenvalue weighted by Crippen LogP contribution is -2.59. The van der Waals surface area contributed by atoms with E-state index >= 15 is 0 Å². The third-order valence-corrected chi connectivity index (χ3v) is 10.6. The second kappa shape index (κ2) is 7.88. The molecular formula is C26H46O2. The molecule has 0 radical (unpaired) electrons. The van der Waals surface area contributed by atoms with Crippen LogP contribution in [0.25, 0.3) is 0 Å². The Hall–Kier alpha value is -0.0800. The largest absolute Gasteiger partial charge is 0.396 e. The van der Waals surface area contributed by atoms with Crippen molar-refractivity contribution in [2.24, 2.45) is 40.4 Å². The van der Waals surface area contributed by atoms with Gasteiger partial charge in [0.05, 0.1) is 5.60 Å². The number of rotatable bonds is 6. The predicted octanol–water partition coefficient (Wildman–Crippen LogP) is 6.34. The summed E-state index contributed by atoms with van der Waals surface area (Å²) in [6, 6.07) is 0. The van der Waals surface area contributed by atoms with Gasteiger partial charge in [0.15, 0.2) is 0 Å². The van der Waals surface area contributed by atoms with E-state index < -0.39 is 5.60 Å². The highest BCUT2D eigenvalue weighted by atomic mass is 16.3. The number of hydrogen-bond donors (Lipinski definition) is 2. The van der Waals surface area contributed by atoms with Crippen LogP contribution in [-0.4, -0.2) is 22.4 Å². The van der Waals surface area contributed by atoms with E-state index in [0.29, 0.717) is 16.7 Å². The van der Waals surface area contributed by atoms with Gasteiger partial charge in [0.25, 0.3) is 0 Å². The van der Waals surface area contributed by atoms with E-state index in [2.05, 4.69) is 20.8 Å². The minimum atomic E-state index is -0.615. The Kier molecular flexibility index (Phi) is 5.95. The Morgan fingerprint density at radius 3 is 2.46 bits per heavy atom. The fourth-order valence-corrected chi connectivity index (χ4v) is 8.89. The van der Waals surface area contributed by atoms with Crippen molar-refractivity contribution >= 4 is 0 Å². The maximum absolute atomic E-state index is 11.6. The van der Waals surface area contributed by atoms with Gasteiger partial charge in [-0.3, -0.25) is 0 Å². The summed E-state index contributed by atoms with van der Waals surface area (Å²) in [5.74, 6) is 3.45. The van der Waals surface area contributed by atoms with Crippen LogP contribution in [0.15, 0.2) is 0 Å². The lowest BCUT2D eigenvalue weighted by molar-refractivity contribution is -0.182. The second-order valence-corrected chi connectivity index (χ2v) is 11.9. The molecule has 0 aromatic carbocycles. The molecule has 0 aliphatic heterocycles. The zero-order valence-electron chi connectivity index (χ0n) is 18.9. The fourth-order valence-electron chi connectivity index (χ4n) is 8.89. The summed E-state index contributed by atoms with van der Waals surface area (Å²) < 4.78 is 0. The van der Waals surface area contributed by atoms with Gasteiger partial charge < -0.3 is 10.2 Å². The first-order valence-corrected chi connectivity index (χ1v) is 12.7. The fraction of sp³-hybridized carbons (Fsp3) is 1.00. The summed E-state index contributed by atoms with van der Waals surface area (Å²) in [6.45, 7) is 7.56. The molecule has 2 N–H and O–H groups in total. The number of unbranched alkanes of at least 4 members (excludes halogenated alkanes) is 3. The van der Waals surface area contributed by atoms with Gasteiger partial charge in [-0.1, -0.05) is 52.9 Å². The first kappa shape index (κ1) is 21.2. The van der Waals surface area contributed by atoms with E-state index in [1.54, 1.807) is 0 Å². The van der Waals surface area contributed by atoms with Crippen LogP contribution >= 0.6 is 0 Å². The van der Waals surface area contributed by atoms with E-state index in [9.17, 15) is 10.2 Å². The average molecular weight is 391 g/mol. The van der Waals surface area contributed by atoms with Crippen molar-refractivity contribution in [2.45, 2.75) is 116 Å². The maximum atomic E-state index is 11.6. The van der Waals surface area contributed by atoms with Crippen molar-refractivity contribution in [1.29, 1.82) is 0 Å². The smallest absolute Gasteiger partial charge is 0.0700 e. The molecule has 3 unspecified atom stereocenters. The quantitative estimate of drug-likeness (QED) is 0.520. The molecule has 0 aromatic heterocycles. The zero-order chi connectivity index (χ0) is 20.0. The van der Waals surface area contributed by atoms with Gasteiger partial charge in [-0.25, -0.2) is 0 Å². The van der Waals surface area contributed by atoms with Crippen LogP contribution in [-0.2, 0) is 0 Å². The van der Waals surface area contributed by atoms with Gasteiger partial charge in [-0.2, -0.15) is 0 Å². The molecule has 2 heteroatoms. The van der Waals surface area contributed by atoms with Gasteiger partial charge in [-0.15, -0.1) is 0 Å². The standard InChI is InChI=1S/C26H46O2/c1-4-5-6-7-14-26(28)17-19-10-11-21-22-9-8-13-24(22,2)15-12-23(21)25(19,3)16-20(26)18-27/h19-23,27-28H,4-18H2,1-3H3/t19?,20?,21-,22-,23+,24-,25-,26?/m0/s1. The lowest BCUT2D eigenvalue weighted by Gasteiger charge is -2.63. The number of aliphatic hydroxyl groups excluding tert-OH is 1. The van der Waals surface area contributed by atoms with Gasteiger partial charge >= 0.3 is 0 Å². The summed E-state index contributed by atoms with van der Waals surface area (Å²) in [5.41, 5.74) is 0.349. The molecule has 162 valence electrons. The molecule has 8 atom stereocenters. The minimum Gasteiger partial charge on any atom is -0.396 e. The highest BCUT2D eigenvalue weighted by Gasteiger charge is 2.61. The van der Waals surface area contributed by atoms with Crippen LogP contribution in [0.4, 0.5) is 0 Å². The number of aliphatic hydroxyl groups is 2. The van der Waals surface area contributed by atoms with Crippen LogP contribution in [0.5, 0.6) is 0 Å². The highest BCUT2D eigenvalue weighted by molar-refractivity contribution is 5.10. The molecule has 4 saturated carbocycles. The Bertz CT molecular complexity index is 547. The summed E-state index contributed by atoms with van der Waals surface area (Å²) in [5, 5.41) is 21.9. The van der Waals surface area contributed by atoms with Gasteiger partial charge in [0, 0.05) is 12.5 Å². The molecule has 4 fully saturated rings. The average Bonchev–Trinajstić information content (AvgIpc) is 3.07. The molecule has 0 saturated heterocycles. The Morgan fingerprint density at radius 1 is 0.893 bits per heavy atom. The molecule has 0 spiro atoms. The summed E-state index contributed by atoms with van der Waals surface area (Å²) in [6.07, 6.45) is 17.7.